The Bertz CT molecular complexity index is 530. The Hall–Kier alpha value is -1.94. The third kappa shape index (κ3) is 2.65. The molecule has 0 unspecified atom stereocenters. The van der Waals surface area contributed by atoms with Gasteiger partial charge >= 0.3 is 0 Å². The Morgan fingerprint density at radius 2 is 1.89 bits per heavy atom. The molecule has 18 heavy (non-hydrogen) atoms. The van der Waals surface area contributed by atoms with Crippen LogP contribution in [0, 0.1) is 0 Å². The summed E-state index contributed by atoms with van der Waals surface area (Å²) in [5.41, 5.74) is 1.73. The number of aliphatic hydroxyl groups is 1. The zero-order valence-corrected chi connectivity index (χ0v) is 10.7. The molecule has 0 radical (unpaired) electrons. The number of methoxy groups -OCH3 is 1. The summed E-state index contributed by atoms with van der Waals surface area (Å²) in [5, 5.41) is 9.97. The fourth-order valence-electron chi connectivity index (χ4n) is 1.60. The molecule has 2 aromatic heterocycles. The molecule has 0 atom stereocenters. The van der Waals surface area contributed by atoms with E-state index >= 15 is 0 Å². The number of nitrogens with zero attached hydrogens (tertiary/aromatic N) is 2. The molecule has 0 aliphatic heterocycles. The van der Waals surface area contributed by atoms with Gasteiger partial charge in [0.05, 0.1) is 12.7 Å². The van der Waals surface area contributed by atoms with Gasteiger partial charge in [0.1, 0.15) is 0 Å². The van der Waals surface area contributed by atoms with E-state index in [1.807, 2.05) is 12.1 Å². The predicted molar refractivity (Wildman–Crippen MR) is 69.3 cm³/mol. The van der Waals surface area contributed by atoms with Crippen molar-refractivity contribution in [3.8, 4) is 17.0 Å². The van der Waals surface area contributed by atoms with Gasteiger partial charge in [-0.15, -0.1) is 0 Å². The lowest BCUT2D eigenvalue weighted by atomic mass is 9.97. The minimum atomic E-state index is -0.900. The monoisotopic (exact) mass is 244 g/mol. The Morgan fingerprint density at radius 1 is 1.11 bits per heavy atom. The molecule has 4 nitrogen and oxygen atoms in total. The summed E-state index contributed by atoms with van der Waals surface area (Å²) < 4.78 is 5.02. The standard InChI is InChI=1S/C14H16N2O2/c1-14(2,17)12-6-11(7-15-9-12)10-4-5-13(18-3)16-8-10/h4-9,17H,1-3H3. The number of hydrogen-bond donors (Lipinski definition) is 1. The number of aromatic nitrogens is 2. The molecule has 0 fully saturated rings. The van der Waals surface area contributed by atoms with E-state index in [2.05, 4.69) is 9.97 Å². The molecule has 0 bridgehead atoms. The van der Waals surface area contributed by atoms with E-state index in [-0.39, 0.29) is 0 Å². The van der Waals surface area contributed by atoms with Gasteiger partial charge in [-0.25, -0.2) is 4.98 Å². The fraction of sp³-hybridized carbons (Fsp3) is 0.286. The lowest BCUT2D eigenvalue weighted by Crippen LogP contribution is -2.15. The van der Waals surface area contributed by atoms with Crippen LogP contribution in [0.5, 0.6) is 5.88 Å². The molecule has 0 saturated carbocycles. The minimum absolute atomic E-state index is 0.574. The van der Waals surface area contributed by atoms with Crippen molar-refractivity contribution in [1.29, 1.82) is 0 Å². The number of ether oxygens (including phenoxy) is 1. The van der Waals surface area contributed by atoms with Crippen molar-refractivity contribution in [3.05, 3.63) is 42.4 Å². The van der Waals surface area contributed by atoms with Crippen LogP contribution in [0.2, 0.25) is 0 Å². The maximum Gasteiger partial charge on any atom is 0.212 e. The maximum absolute atomic E-state index is 9.97. The zero-order chi connectivity index (χ0) is 13.2. The van der Waals surface area contributed by atoms with Crippen molar-refractivity contribution in [2.24, 2.45) is 0 Å². The third-order valence-electron chi connectivity index (χ3n) is 2.72. The van der Waals surface area contributed by atoms with Crippen molar-refractivity contribution in [3.63, 3.8) is 0 Å². The second kappa shape index (κ2) is 4.74. The average Bonchev–Trinajstić information content (AvgIpc) is 2.38. The van der Waals surface area contributed by atoms with Gasteiger partial charge in [0.25, 0.3) is 0 Å². The first kappa shape index (κ1) is 12.5. The Morgan fingerprint density at radius 3 is 2.44 bits per heavy atom. The van der Waals surface area contributed by atoms with Gasteiger partial charge in [-0.1, -0.05) is 0 Å². The van der Waals surface area contributed by atoms with E-state index in [0.29, 0.717) is 5.88 Å². The first-order valence-corrected chi connectivity index (χ1v) is 5.69. The first-order chi connectivity index (χ1) is 8.50. The Balaban J connectivity index is 2.38. The van der Waals surface area contributed by atoms with Crippen LogP contribution in [0.1, 0.15) is 19.4 Å². The Labute approximate surface area is 106 Å². The van der Waals surface area contributed by atoms with E-state index in [1.165, 1.54) is 0 Å². The highest BCUT2D eigenvalue weighted by Gasteiger charge is 2.16. The lowest BCUT2D eigenvalue weighted by molar-refractivity contribution is 0.0783. The van der Waals surface area contributed by atoms with Crippen LogP contribution in [0.4, 0.5) is 0 Å². The molecule has 0 spiro atoms. The molecule has 2 aromatic rings. The van der Waals surface area contributed by atoms with Crippen LogP contribution >= 0.6 is 0 Å². The van der Waals surface area contributed by atoms with Crippen LogP contribution in [0.25, 0.3) is 11.1 Å². The van der Waals surface area contributed by atoms with Gasteiger partial charge in [0.15, 0.2) is 0 Å². The molecular formula is C14H16N2O2. The van der Waals surface area contributed by atoms with E-state index in [4.69, 9.17) is 4.74 Å². The number of rotatable bonds is 3. The van der Waals surface area contributed by atoms with Gasteiger partial charge in [-0.05, 0) is 26.0 Å². The van der Waals surface area contributed by atoms with Gasteiger partial charge < -0.3 is 9.84 Å². The molecule has 0 aliphatic rings. The highest BCUT2D eigenvalue weighted by Crippen LogP contribution is 2.25. The summed E-state index contributed by atoms with van der Waals surface area (Å²) in [5.74, 6) is 0.574. The van der Waals surface area contributed by atoms with E-state index in [1.54, 1.807) is 45.6 Å². The van der Waals surface area contributed by atoms with Gasteiger partial charge in [0.2, 0.25) is 5.88 Å². The molecule has 0 aromatic carbocycles. The van der Waals surface area contributed by atoms with Crippen molar-refractivity contribution >= 4 is 0 Å². The molecule has 0 aliphatic carbocycles. The average molecular weight is 244 g/mol. The number of pyridine rings is 2. The maximum atomic E-state index is 9.97. The van der Waals surface area contributed by atoms with Crippen LogP contribution < -0.4 is 4.74 Å². The molecule has 1 N–H and O–H groups in total. The number of hydrogen-bond acceptors (Lipinski definition) is 4. The first-order valence-electron chi connectivity index (χ1n) is 5.69. The molecule has 0 amide bonds. The summed E-state index contributed by atoms with van der Waals surface area (Å²) in [4.78, 5) is 8.30. The predicted octanol–water partition coefficient (Wildman–Crippen LogP) is 2.38. The van der Waals surface area contributed by atoms with Gasteiger partial charge in [-0.3, -0.25) is 4.98 Å². The SMILES string of the molecule is COc1ccc(-c2cncc(C(C)(C)O)c2)cn1. The topological polar surface area (TPSA) is 55.2 Å². The van der Waals surface area contributed by atoms with Crippen molar-refractivity contribution in [1.82, 2.24) is 9.97 Å². The van der Waals surface area contributed by atoms with Gasteiger partial charge in [-0.2, -0.15) is 0 Å². The van der Waals surface area contributed by atoms with Crippen molar-refractivity contribution < 1.29 is 9.84 Å². The molecular weight excluding hydrogens is 228 g/mol. The summed E-state index contributed by atoms with van der Waals surface area (Å²) in [7, 11) is 1.58. The third-order valence-corrected chi connectivity index (χ3v) is 2.72. The smallest absolute Gasteiger partial charge is 0.212 e. The quantitative estimate of drug-likeness (QED) is 0.900. The molecule has 2 heterocycles. The molecule has 2 rings (SSSR count). The van der Waals surface area contributed by atoms with Crippen LogP contribution in [0.3, 0.4) is 0 Å². The van der Waals surface area contributed by atoms with E-state index in [0.717, 1.165) is 16.7 Å². The summed E-state index contributed by atoms with van der Waals surface area (Å²) in [6.07, 6.45) is 5.14. The molecule has 4 heteroatoms. The lowest BCUT2D eigenvalue weighted by Gasteiger charge is -2.17. The normalized spacial score (nSPS) is 11.3. The highest BCUT2D eigenvalue weighted by atomic mass is 16.5. The van der Waals surface area contributed by atoms with Crippen LogP contribution in [-0.2, 0) is 5.60 Å². The van der Waals surface area contributed by atoms with Gasteiger partial charge in [0, 0.05) is 41.3 Å². The summed E-state index contributed by atoms with van der Waals surface area (Å²) in [6, 6.07) is 5.62. The second-order valence-electron chi connectivity index (χ2n) is 4.61. The van der Waals surface area contributed by atoms with E-state index < -0.39 is 5.60 Å². The van der Waals surface area contributed by atoms with Crippen molar-refractivity contribution in [2.45, 2.75) is 19.4 Å². The fourth-order valence-corrected chi connectivity index (χ4v) is 1.60. The zero-order valence-electron chi connectivity index (χ0n) is 10.7. The largest absolute Gasteiger partial charge is 0.481 e. The summed E-state index contributed by atoms with van der Waals surface area (Å²) in [6.45, 7) is 3.47. The molecule has 0 saturated heterocycles. The summed E-state index contributed by atoms with van der Waals surface area (Å²) >= 11 is 0. The Kier molecular flexibility index (Phi) is 3.30. The van der Waals surface area contributed by atoms with Crippen molar-refractivity contribution in [2.75, 3.05) is 7.11 Å². The van der Waals surface area contributed by atoms with Crippen LogP contribution in [0.15, 0.2) is 36.8 Å². The second-order valence-corrected chi connectivity index (χ2v) is 4.61. The van der Waals surface area contributed by atoms with Crippen LogP contribution in [-0.4, -0.2) is 22.2 Å². The highest BCUT2D eigenvalue weighted by molar-refractivity contribution is 5.62. The molecule has 94 valence electrons. The van der Waals surface area contributed by atoms with E-state index in [9.17, 15) is 5.11 Å². The minimum Gasteiger partial charge on any atom is -0.481 e.